The van der Waals surface area contributed by atoms with E-state index in [1.54, 1.807) is 0 Å². The van der Waals surface area contributed by atoms with Gasteiger partial charge < -0.3 is 19.8 Å². The number of aromatic nitrogens is 1. The summed E-state index contributed by atoms with van der Waals surface area (Å²) < 4.78 is 10.2. The lowest BCUT2D eigenvalue weighted by atomic mass is 10.0. The fourth-order valence-electron chi connectivity index (χ4n) is 3.07. The Bertz CT molecular complexity index is 846. The Kier molecular flexibility index (Phi) is 8.31. The number of unbranched alkanes of at least 4 members (excludes halogenated alkanes) is 3. The number of hydrogen-bond donors (Lipinski definition) is 2. The van der Waals surface area contributed by atoms with E-state index in [4.69, 9.17) is 9.47 Å². The normalized spacial score (nSPS) is 12.1. The van der Waals surface area contributed by atoms with E-state index < -0.39 is 5.60 Å². The summed E-state index contributed by atoms with van der Waals surface area (Å²) in [5, 5.41) is 3.88. The standard InChI is InChI=1S/C23H32N2O4/c1-23(2,3)29-22(27)24-14-10-6-5-7-11-17(21(26)28-4)15-18-16-25-20-13-9-8-12-19(18)20/h8-9,11-13,16,25H,5-7,10,14-15H2,1-4H3,(H,24,27). The molecule has 0 atom stereocenters. The number of carbonyl (C=O) groups excluding carboxylic acids is 2. The molecule has 0 radical (unpaired) electrons. The zero-order valence-corrected chi connectivity index (χ0v) is 17.8. The number of aromatic amines is 1. The summed E-state index contributed by atoms with van der Waals surface area (Å²) in [6.45, 7) is 6.11. The van der Waals surface area contributed by atoms with Crippen molar-refractivity contribution in [1.29, 1.82) is 0 Å². The van der Waals surface area contributed by atoms with E-state index in [0.717, 1.165) is 42.1 Å². The molecule has 0 aliphatic carbocycles. The molecule has 6 nitrogen and oxygen atoms in total. The lowest BCUT2D eigenvalue weighted by Crippen LogP contribution is -2.32. The maximum Gasteiger partial charge on any atom is 0.407 e. The number of amides is 1. The number of methoxy groups -OCH3 is 1. The summed E-state index contributed by atoms with van der Waals surface area (Å²) in [6.07, 6.45) is 7.61. The van der Waals surface area contributed by atoms with Gasteiger partial charge in [-0.15, -0.1) is 0 Å². The van der Waals surface area contributed by atoms with Crippen LogP contribution in [0.15, 0.2) is 42.1 Å². The van der Waals surface area contributed by atoms with E-state index in [-0.39, 0.29) is 12.1 Å². The van der Waals surface area contributed by atoms with Gasteiger partial charge in [-0.25, -0.2) is 9.59 Å². The highest BCUT2D eigenvalue weighted by atomic mass is 16.6. The molecule has 1 aromatic carbocycles. The fourth-order valence-corrected chi connectivity index (χ4v) is 3.07. The van der Waals surface area contributed by atoms with E-state index in [1.807, 2.05) is 57.3 Å². The number of H-pyrrole nitrogens is 1. The molecule has 0 aliphatic rings. The molecular weight excluding hydrogens is 368 g/mol. The number of carbonyl (C=O) groups is 2. The fraction of sp³-hybridized carbons (Fsp3) is 0.478. The number of fused-ring (bicyclic) bond motifs is 1. The van der Waals surface area contributed by atoms with Crippen LogP contribution in [-0.2, 0) is 20.7 Å². The minimum atomic E-state index is -0.482. The Morgan fingerprint density at radius 3 is 2.62 bits per heavy atom. The van der Waals surface area contributed by atoms with Gasteiger partial charge in [0.15, 0.2) is 0 Å². The number of allylic oxidation sites excluding steroid dienone is 1. The smallest absolute Gasteiger partial charge is 0.407 e. The van der Waals surface area contributed by atoms with Gasteiger partial charge in [-0.1, -0.05) is 30.7 Å². The first-order valence-electron chi connectivity index (χ1n) is 10.1. The maximum atomic E-state index is 12.2. The van der Waals surface area contributed by atoms with Crippen molar-refractivity contribution < 1.29 is 19.1 Å². The molecular formula is C23H32N2O4. The molecule has 2 aromatic rings. The molecule has 6 heteroatoms. The summed E-state index contributed by atoms with van der Waals surface area (Å²) in [5.74, 6) is -0.290. The van der Waals surface area contributed by atoms with Crippen LogP contribution < -0.4 is 5.32 Å². The van der Waals surface area contributed by atoms with Gasteiger partial charge >= 0.3 is 12.1 Å². The molecule has 1 aromatic heterocycles. The summed E-state index contributed by atoms with van der Waals surface area (Å²) in [5.41, 5.74) is 2.33. The number of hydrogen-bond acceptors (Lipinski definition) is 4. The second-order valence-corrected chi connectivity index (χ2v) is 8.04. The highest BCUT2D eigenvalue weighted by Crippen LogP contribution is 2.21. The molecule has 2 N–H and O–H groups in total. The molecule has 0 spiro atoms. The second kappa shape index (κ2) is 10.7. The third-order valence-electron chi connectivity index (χ3n) is 4.44. The van der Waals surface area contributed by atoms with Gasteiger partial charge in [-0.05, 0) is 51.7 Å². The van der Waals surface area contributed by atoms with Crippen molar-refractivity contribution >= 4 is 23.0 Å². The Labute approximate surface area is 172 Å². The third kappa shape index (κ3) is 7.64. The molecule has 0 aliphatic heterocycles. The number of rotatable bonds is 9. The maximum absolute atomic E-state index is 12.2. The average Bonchev–Trinajstić information content (AvgIpc) is 3.07. The Balaban J connectivity index is 1.79. The van der Waals surface area contributed by atoms with Gasteiger partial charge in [0, 0.05) is 35.6 Å². The molecule has 1 amide bonds. The summed E-state index contributed by atoms with van der Waals surface area (Å²) in [6, 6.07) is 8.04. The van der Waals surface area contributed by atoms with Crippen LogP contribution >= 0.6 is 0 Å². The van der Waals surface area contributed by atoms with Crippen molar-refractivity contribution in [3.8, 4) is 0 Å². The predicted molar refractivity (Wildman–Crippen MR) is 115 cm³/mol. The van der Waals surface area contributed by atoms with Crippen LogP contribution in [0.3, 0.4) is 0 Å². The molecule has 2 rings (SSSR count). The van der Waals surface area contributed by atoms with Crippen molar-refractivity contribution in [3.05, 3.63) is 47.7 Å². The highest BCUT2D eigenvalue weighted by Gasteiger charge is 2.15. The molecule has 0 unspecified atom stereocenters. The third-order valence-corrected chi connectivity index (χ3v) is 4.44. The van der Waals surface area contributed by atoms with E-state index in [0.29, 0.717) is 18.5 Å². The Hall–Kier alpha value is -2.76. The lowest BCUT2D eigenvalue weighted by Gasteiger charge is -2.19. The SMILES string of the molecule is COC(=O)C(=CCCCCCNC(=O)OC(C)(C)C)Cc1c[nH]c2ccccc12. The summed E-state index contributed by atoms with van der Waals surface area (Å²) in [7, 11) is 1.41. The van der Waals surface area contributed by atoms with Gasteiger partial charge in [0.2, 0.25) is 0 Å². The minimum absolute atomic E-state index is 0.290. The van der Waals surface area contributed by atoms with Crippen LogP contribution in [0.5, 0.6) is 0 Å². The molecule has 0 bridgehead atoms. The zero-order chi connectivity index (χ0) is 21.3. The van der Waals surface area contributed by atoms with Crippen LogP contribution in [0.4, 0.5) is 4.79 Å². The quantitative estimate of drug-likeness (QED) is 0.357. The van der Waals surface area contributed by atoms with E-state index in [9.17, 15) is 9.59 Å². The van der Waals surface area contributed by atoms with Crippen molar-refractivity contribution in [3.63, 3.8) is 0 Å². The molecule has 0 saturated heterocycles. The minimum Gasteiger partial charge on any atom is -0.466 e. The largest absolute Gasteiger partial charge is 0.466 e. The molecule has 0 fully saturated rings. The monoisotopic (exact) mass is 400 g/mol. The highest BCUT2D eigenvalue weighted by molar-refractivity contribution is 5.91. The topological polar surface area (TPSA) is 80.4 Å². The predicted octanol–water partition coefficient (Wildman–Crippen LogP) is 4.89. The van der Waals surface area contributed by atoms with Gasteiger partial charge in [0.1, 0.15) is 5.60 Å². The average molecular weight is 401 g/mol. The molecule has 0 saturated carbocycles. The molecule has 1 heterocycles. The number of para-hydroxylation sites is 1. The molecule has 158 valence electrons. The first kappa shape index (κ1) is 22.5. The van der Waals surface area contributed by atoms with Crippen LogP contribution in [0.25, 0.3) is 10.9 Å². The van der Waals surface area contributed by atoms with Crippen LogP contribution in [0.1, 0.15) is 52.0 Å². The van der Waals surface area contributed by atoms with Crippen molar-refractivity contribution in [1.82, 2.24) is 10.3 Å². The summed E-state index contributed by atoms with van der Waals surface area (Å²) in [4.78, 5) is 27.0. The van der Waals surface area contributed by atoms with Crippen LogP contribution in [0, 0.1) is 0 Å². The van der Waals surface area contributed by atoms with Gasteiger partial charge in [0.05, 0.1) is 7.11 Å². The number of benzene rings is 1. The lowest BCUT2D eigenvalue weighted by molar-refractivity contribution is -0.136. The van der Waals surface area contributed by atoms with Crippen molar-refractivity contribution in [2.75, 3.05) is 13.7 Å². The number of ether oxygens (including phenoxy) is 2. The number of alkyl carbamates (subject to hydrolysis) is 1. The summed E-state index contributed by atoms with van der Waals surface area (Å²) >= 11 is 0. The Morgan fingerprint density at radius 2 is 1.90 bits per heavy atom. The number of esters is 1. The van der Waals surface area contributed by atoms with Gasteiger partial charge in [-0.2, -0.15) is 0 Å². The first-order chi connectivity index (χ1) is 13.8. The Morgan fingerprint density at radius 1 is 1.14 bits per heavy atom. The number of nitrogens with one attached hydrogen (secondary N) is 2. The second-order valence-electron chi connectivity index (χ2n) is 8.04. The van der Waals surface area contributed by atoms with E-state index >= 15 is 0 Å². The van der Waals surface area contributed by atoms with Crippen molar-refractivity contribution in [2.24, 2.45) is 0 Å². The van der Waals surface area contributed by atoms with E-state index in [1.165, 1.54) is 7.11 Å². The first-order valence-corrected chi connectivity index (χ1v) is 10.1. The van der Waals surface area contributed by atoms with Gasteiger partial charge in [0.25, 0.3) is 0 Å². The molecule has 29 heavy (non-hydrogen) atoms. The van der Waals surface area contributed by atoms with Crippen molar-refractivity contribution in [2.45, 2.75) is 58.5 Å². The zero-order valence-electron chi connectivity index (χ0n) is 17.8. The van der Waals surface area contributed by atoms with E-state index in [2.05, 4.69) is 10.3 Å². The van der Waals surface area contributed by atoms with Crippen LogP contribution in [-0.4, -0.2) is 36.3 Å². The van der Waals surface area contributed by atoms with Crippen LogP contribution in [0.2, 0.25) is 0 Å². The van der Waals surface area contributed by atoms with Gasteiger partial charge in [-0.3, -0.25) is 0 Å².